The topological polar surface area (TPSA) is 84.2 Å². The number of pyridine rings is 2. The van der Waals surface area contributed by atoms with Gasteiger partial charge in [0.05, 0.1) is 16.8 Å². The predicted molar refractivity (Wildman–Crippen MR) is 163 cm³/mol. The molecule has 0 unspecified atom stereocenters. The maximum absolute atomic E-state index is 16.2. The zero-order valence-corrected chi connectivity index (χ0v) is 24.8. The van der Waals surface area contributed by atoms with E-state index < -0.39 is 17.3 Å². The summed E-state index contributed by atoms with van der Waals surface area (Å²) < 4.78 is 33.0. The van der Waals surface area contributed by atoms with Crippen LogP contribution in [0.25, 0.3) is 28.0 Å². The Bertz CT molecular complexity index is 1830. The number of piperazine rings is 1. The largest absolute Gasteiger partial charge is 0.355 e. The lowest BCUT2D eigenvalue weighted by molar-refractivity contribution is -0.126. The number of anilines is 1. The van der Waals surface area contributed by atoms with E-state index in [1.54, 1.807) is 23.2 Å². The lowest BCUT2D eigenvalue weighted by Gasteiger charge is -2.40. The van der Waals surface area contributed by atoms with Crippen molar-refractivity contribution >= 4 is 22.8 Å². The molecule has 1 aliphatic carbocycles. The summed E-state index contributed by atoms with van der Waals surface area (Å²) in [5.74, 6) is -1.07. The van der Waals surface area contributed by atoms with Gasteiger partial charge in [-0.2, -0.15) is 4.98 Å². The number of aromatic nitrogens is 4. The molecule has 6 rings (SSSR count). The molecule has 1 saturated carbocycles. The summed E-state index contributed by atoms with van der Waals surface area (Å²) in [5.41, 5.74) is 2.25. The Balaban J connectivity index is 1.64. The van der Waals surface area contributed by atoms with Crippen LogP contribution in [0.4, 0.5) is 14.6 Å². The lowest BCUT2D eigenvalue weighted by atomic mass is 9.98. The van der Waals surface area contributed by atoms with Crippen molar-refractivity contribution in [3.8, 4) is 16.9 Å². The van der Waals surface area contributed by atoms with Crippen molar-refractivity contribution in [3.63, 3.8) is 0 Å². The Kier molecular flexibility index (Phi) is 7.31. The van der Waals surface area contributed by atoms with E-state index in [-0.39, 0.29) is 46.5 Å². The molecular weight excluding hydrogens is 550 g/mol. The number of halogens is 2. The van der Waals surface area contributed by atoms with E-state index in [4.69, 9.17) is 4.98 Å². The Hall–Kier alpha value is -4.47. The molecule has 1 amide bonds. The molecule has 1 saturated heterocycles. The second kappa shape index (κ2) is 11.0. The second-order valence-electron chi connectivity index (χ2n) is 11.8. The van der Waals surface area contributed by atoms with E-state index in [1.165, 1.54) is 22.8 Å². The van der Waals surface area contributed by atoms with Gasteiger partial charge >= 0.3 is 5.69 Å². The van der Waals surface area contributed by atoms with Crippen molar-refractivity contribution in [2.45, 2.75) is 58.4 Å². The molecule has 8 nitrogen and oxygen atoms in total. The van der Waals surface area contributed by atoms with Crippen molar-refractivity contribution < 1.29 is 13.6 Å². The first-order chi connectivity index (χ1) is 20.6. The van der Waals surface area contributed by atoms with Gasteiger partial charge < -0.3 is 9.80 Å². The van der Waals surface area contributed by atoms with Gasteiger partial charge in [0.1, 0.15) is 23.1 Å². The average molecular weight is 585 g/mol. The van der Waals surface area contributed by atoms with Crippen molar-refractivity contribution in [2.75, 3.05) is 24.5 Å². The SMILES string of the molecule is C=CC(=O)N1CCN(c2nc(=O)n(-c3c(C)ccnc3C(C)C)c3nc(-c4c(F)cccc4C4CC4)c(F)cc23)[C@@H](C)C1. The van der Waals surface area contributed by atoms with Crippen LogP contribution in [0.3, 0.4) is 0 Å². The van der Waals surface area contributed by atoms with Gasteiger partial charge in [-0.3, -0.25) is 9.78 Å². The van der Waals surface area contributed by atoms with Crippen LogP contribution >= 0.6 is 0 Å². The number of rotatable bonds is 6. The summed E-state index contributed by atoms with van der Waals surface area (Å²) in [6, 6.07) is 7.65. The van der Waals surface area contributed by atoms with Crippen LogP contribution in [0.2, 0.25) is 0 Å². The van der Waals surface area contributed by atoms with Crippen molar-refractivity contribution in [1.29, 1.82) is 0 Å². The predicted octanol–water partition coefficient (Wildman–Crippen LogP) is 5.65. The van der Waals surface area contributed by atoms with Gasteiger partial charge in [0.25, 0.3) is 0 Å². The number of hydrogen-bond donors (Lipinski definition) is 0. The van der Waals surface area contributed by atoms with E-state index in [9.17, 15) is 9.59 Å². The summed E-state index contributed by atoms with van der Waals surface area (Å²) >= 11 is 0. The van der Waals surface area contributed by atoms with E-state index in [0.717, 1.165) is 18.4 Å². The number of fused-ring (bicyclic) bond motifs is 1. The third-order valence-electron chi connectivity index (χ3n) is 8.41. The molecule has 2 aliphatic rings. The number of hydrogen-bond acceptors (Lipinski definition) is 6. The van der Waals surface area contributed by atoms with Crippen LogP contribution in [0.5, 0.6) is 0 Å². The summed E-state index contributed by atoms with van der Waals surface area (Å²) in [5, 5.41) is 0.318. The minimum Gasteiger partial charge on any atom is -0.350 e. The fourth-order valence-corrected chi connectivity index (χ4v) is 6.11. The van der Waals surface area contributed by atoms with Crippen LogP contribution in [0.1, 0.15) is 62.3 Å². The van der Waals surface area contributed by atoms with Gasteiger partial charge in [0.2, 0.25) is 5.91 Å². The molecule has 10 heteroatoms. The summed E-state index contributed by atoms with van der Waals surface area (Å²) in [6.07, 6.45) is 4.76. The average Bonchev–Trinajstić information content (AvgIpc) is 3.82. The van der Waals surface area contributed by atoms with Crippen molar-refractivity contribution in [3.05, 3.63) is 88.1 Å². The summed E-state index contributed by atoms with van der Waals surface area (Å²) in [4.78, 5) is 43.8. The maximum atomic E-state index is 16.2. The van der Waals surface area contributed by atoms with Crippen LogP contribution in [0, 0.1) is 18.6 Å². The Labute approximate surface area is 248 Å². The lowest BCUT2D eigenvalue weighted by Crippen LogP contribution is -2.54. The molecule has 0 N–H and O–H groups in total. The minimum atomic E-state index is -0.701. The highest BCUT2D eigenvalue weighted by Gasteiger charge is 2.33. The van der Waals surface area contributed by atoms with Gasteiger partial charge in [0, 0.05) is 37.4 Å². The minimum absolute atomic E-state index is 0.0417. The van der Waals surface area contributed by atoms with E-state index in [1.807, 2.05) is 38.7 Å². The van der Waals surface area contributed by atoms with Gasteiger partial charge in [-0.15, -0.1) is 0 Å². The molecule has 0 spiro atoms. The highest BCUT2D eigenvalue weighted by molar-refractivity contribution is 5.91. The Morgan fingerprint density at radius 1 is 1.12 bits per heavy atom. The third-order valence-corrected chi connectivity index (χ3v) is 8.41. The Morgan fingerprint density at radius 2 is 1.88 bits per heavy atom. The molecule has 2 fully saturated rings. The first-order valence-corrected chi connectivity index (χ1v) is 14.7. The van der Waals surface area contributed by atoms with E-state index >= 15 is 8.78 Å². The van der Waals surface area contributed by atoms with Crippen molar-refractivity contribution in [1.82, 2.24) is 24.4 Å². The van der Waals surface area contributed by atoms with Crippen LogP contribution < -0.4 is 10.6 Å². The quantitative estimate of drug-likeness (QED) is 0.272. The number of aryl methyl sites for hydroxylation is 1. The normalized spacial score (nSPS) is 17.1. The number of benzene rings is 1. The highest BCUT2D eigenvalue weighted by Crippen LogP contribution is 2.45. The molecule has 0 radical (unpaired) electrons. The van der Waals surface area contributed by atoms with Crippen LogP contribution in [-0.2, 0) is 4.79 Å². The number of amides is 1. The van der Waals surface area contributed by atoms with Gasteiger partial charge in [-0.1, -0.05) is 32.6 Å². The monoisotopic (exact) mass is 584 g/mol. The van der Waals surface area contributed by atoms with Crippen molar-refractivity contribution in [2.24, 2.45) is 0 Å². The summed E-state index contributed by atoms with van der Waals surface area (Å²) in [7, 11) is 0. The Morgan fingerprint density at radius 3 is 2.56 bits per heavy atom. The number of carbonyl (C=O) groups excluding carboxylic acids is 1. The van der Waals surface area contributed by atoms with Gasteiger partial charge in [-0.05, 0) is 73.9 Å². The van der Waals surface area contributed by atoms with Gasteiger partial charge in [-0.25, -0.2) is 23.1 Å². The standard InChI is InChI=1S/C33H34F2N6O2/c1-6-26(42)39-14-15-40(20(5)17-39)31-23-16-25(35)29(27-22(21-10-11-21)8-7-9-24(27)34)37-32(23)41(33(43)38-31)30-19(4)12-13-36-28(30)18(2)3/h6-9,12-13,16,18,20-21H,1,10-11,14-15,17H2,2-5H3/t20-/m0/s1. The van der Waals surface area contributed by atoms with E-state index in [2.05, 4.69) is 16.5 Å². The molecule has 4 aromatic rings. The smallest absolute Gasteiger partial charge is 0.350 e. The third kappa shape index (κ3) is 4.98. The molecule has 222 valence electrons. The maximum Gasteiger partial charge on any atom is 0.355 e. The van der Waals surface area contributed by atoms with E-state index in [0.29, 0.717) is 42.0 Å². The summed E-state index contributed by atoms with van der Waals surface area (Å²) in [6.45, 7) is 12.5. The molecule has 1 aromatic carbocycles. The van der Waals surface area contributed by atoms with Crippen LogP contribution in [-0.4, -0.2) is 56.0 Å². The van der Waals surface area contributed by atoms with Gasteiger partial charge in [0.15, 0.2) is 5.65 Å². The van der Waals surface area contributed by atoms with Crippen LogP contribution in [0.15, 0.2) is 54.0 Å². The number of nitrogens with zero attached hydrogens (tertiary/aromatic N) is 6. The molecule has 43 heavy (non-hydrogen) atoms. The fourth-order valence-electron chi connectivity index (χ4n) is 6.11. The molecular formula is C33H34F2N6O2. The highest BCUT2D eigenvalue weighted by atomic mass is 19.1. The molecule has 0 bridgehead atoms. The fraction of sp³-hybridized carbons (Fsp3) is 0.364. The molecule has 1 atom stereocenters. The first kappa shape index (κ1) is 28.6. The molecule has 4 heterocycles. The number of carbonyl (C=O) groups is 1. The second-order valence-corrected chi connectivity index (χ2v) is 11.8. The molecule has 1 aliphatic heterocycles. The molecule has 3 aromatic heterocycles. The first-order valence-electron chi connectivity index (χ1n) is 14.7. The zero-order chi connectivity index (χ0) is 30.6. The zero-order valence-electron chi connectivity index (χ0n) is 24.8.